The van der Waals surface area contributed by atoms with E-state index < -0.39 is 23.4 Å². The zero-order valence-electron chi connectivity index (χ0n) is 16.8. The molecular formula is C21H23N3O7. The molecule has 0 bridgehead atoms. The number of benzene rings is 2. The number of carbonyl (C=O) groups is 2. The summed E-state index contributed by atoms with van der Waals surface area (Å²) in [5.74, 6) is -0.617. The molecule has 10 nitrogen and oxygen atoms in total. The minimum absolute atomic E-state index is 0.0383. The number of esters is 1. The minimum atomic E-state index is -0.805. The zero-order chi connectivity index (χ0) is 22.1. The lowest BCUT2D eigenvalue weighted by Gasteiger charge is -2.30. The number of anilines is 1. The molecule has 0 unspecified atom stereocenters. The van der Waals surface area contributed by atoms with Crippen LogP contribution in [0, 0.1) is 10.1 Å². The molecule has 31 heavy (non-hydrogen) atoms. The van der Waals surface area contributed by atoms with Crippen molar-refractivity contribution in [3.63, 3.8) is 0 Å². The highest BCUT2D eigenvalue weighted by atomic mass is 16.6. The fraction of sp³-hybridized carbons (Fsp3) is 0.333. The largest absolute Gasteiger partial charge is 0.492 e. The summed E-state index contributed by atoms with van der Waals surface area (Å²) in [6.45, 7) is 2.05. The van der Waals surface area contributed by atoms with Crippen molar-refractivity contribution in [2.45, 2.75) is 0 Å². The van der Waals surface area contributed by atoms with Crippen molar-refractivity contribution in [3.8, 4) is 5.75 Å². The van der Waals surface area contributed by atoms with Gasteiger partial charge in [0.2, 0.25) is 0 Å². The third-order valence-corrected chi connectivity index (χ3v) is 4.53. The Morgan fingerprint density at radius 1 is 1.13 bits per heavy atom. The van der Waals surface area contributed by atoms with Gasteiger partial charge in [-0.25, -0.2) is 4.79 Å². The lowest BCUT2D eigenvalue weighted by molar-refractivity contribution is -0.384. The molecule has 0 spiro atoms. The predicted molar refractivity (Wildman–Crippen MR) is 111 cm³/mol. The van der Waals surface area contributed by atoms with Gasteiger partial charge >= 0.3 is 5.97 Å². The summed E-state index contributed by atoms with van der Waals surface area (Å²) in [5.41, 5.74) is 0.318. The van der Waals surface area contributed by atoms with Crippen LogP contribution in [0.15, 0.2) is 48.5 Å². The summed E-state index contributed by atoms with van der Waals surface area (Å²) >= 11 is 0. The van der Waals surface area contributed by atoms with E-state index in [-0.39, 0.29) is 24.4 Å². The number of non-ortho nitro benzene ring substituents is 1. The summed E-state index contributed by atoms with van der Waals surface area (Å²) in [7, 11) is 0. The molecule has 1 aliphatic heterocycles. The standard InChI is InChI=1S/C21H23N3O7/c25-20(22-8-11-30-17-4-2-1-3-5-17)15-31-21(26)18-14-16(24(27)28)6-7-19(18)23-9-12-29-13-10-23/h1-7,14H,8-13,15H2,(H,22,25). The minimum Gasteiger partial charge on any atom is -0.492 e. The number of morpholine rings is 1. The smallest absolute Gasteiger partial charge is 0.341 e. The molecule has 1 fully saturated rings. The quantitative estimate of drug-likeness (QED) is 0.277. The van der Waals surface area contributed by atoms with Gasteiger partial charge in [0.25, 0.3) is 11.6 Å². The second-order valence-electron chi connectivity index (χ2n) is 6.65. The molecule has 2 aromatic rings. The van der Waals surface area contributed by atoms with Crippen LogP contribution in [0.5, 0.6) is 5.75 Å². The van der Waals surface area contributed by atoms with Gasteiger partial charge in [-0.1, -0.05) is 18.2 Å². The maximum Gasteiger partial charge on any atom is 0.341 e. The van der Waals surface area contributed by atoms with Crippen LogP contribution in [0.4, 0.5) is 11.4 Å². The fourth-order valence-corrected chi connectivity index (χ4v) is 3.02. The van der Waals surface area contributed by atoms with Crippen molar-refractivity contribution >= 4 is 23.3 Å². The first-order valence-corrected chi connectivity index (χ1v) is 9.77. The van der Waals surface area contributed by atoms with Gasteiger partial charge in [-0.15, -0.1) is 0 Å². The number of ether oxygens (including phenoxy) is 3. The normalized spacial score (nSPS) is 13.4. The van der Waals surface area contributed by atoms with Gasteiger partial charge in [-0.05, 0) is 18.2 Å². The van der Waals surface area contributed by atoms with Gasteiger partial charge in [0, 0.05) is 25.2 Å². The fourth-order valence-electron chi connectivity index (χ4n) is 3.02. The zero-order valence-corrected chi connectivity index (χ0v) is 16.8. The Hall–Kier alpha value is -3.66. The number of hydrogen-bond acceptors (Lipinski definition) is 8. The number of nitrogens with one attached hydrogen (secondary N) is 1. The number of rotatable bonds is 9. The van der Waals surface area contributed by atoms with Crippen LogP contribution < -0.4 is 15.0 Å². The monoisotopic (exact) mass is 429 g/mol. The van der Waals surface area contributed by atoms with Crippen LogP contribution in [-0.4, -0.2) is 62.9 Å². The maximum atomic E-state index is 12.6. The summed E-state index contributed by atoms with van der Waals surface area (Å²) < 4.78 is 15.9. The summed E-state index contributed by atoms with van der Waals surface area (Å²) in [5, 5.41) is 13.7. The van der Waals surface area contributed by atoms with Crippen LogP contribution in [0.3, 0.4) is 0 Å². The third kappa shape index (κ3) is 6.41. The topological polar surface area (TPSA) is 120 Å². The molecule has 0 aliphatic carbocycles. The van der Waals surface area contributed by atoms with E-state index in [9.17, 15) is 19.7 Å². The van der Waals surface area contributed by atoms with E-state index in [1.807, 2.05) is 23.1 Å². The molecule has 3 rings (SSSR count). The van der Waals surface area contributed by atoms with E-state index in [1.54, 1.807) is 12.1 Å². The number of carbonyl (C=O) groups excluding carboxylic acids is 2. The predicted octanol–water partition coefficient (Wildman–Crippen LogP) is 1.78. The second kappa shape index (κ2) is 10.9. The Labute approximate surface area is 178 Å². The molecule has 10 heteroatoms. The Morgan fingerprint density at radius 3 is 2.58 bits per heavy atom. The number of para-hydroxylation sites is 1. The number of nitrogens with zero attached hydrogens (tertiary/aromatic N) is 2. The summed E-state index contributed by atoms with van der Waals surface area (Å²) in [4.78, 5) is 37.0. The molecule has 0 atom stereocenters. The van der Waals surface area contributed by atoms with Crippen LogP contribution in [0.25, 0.3) is 0 Å². The lowest BCUT2D eigenvalue weighted by atomic mass is 10.1. The van der Waals surface area contributed by atoms with Gasteiger partial charge in [0.15, 0.2) is 6.61 Å². The SMILES string of the molecule is O=C(COC(=O)c1cc([N+](=O)[O-])ccc1N1CCOCC1)NCCOc1ccccc1. The molecule has 1 N–H and O–H groups in total. The summed E-state index contributed by atoms with van der Waals surface area (Å²) in [6, 6.07) is 13.2. The van der Waals surface area contributed by atoms with Gasteiger partial charge in [0.1, 0.15) is 12.4 Å². The van der Waals surface area contributed by atoms with Crippen molar-refractivity contribution in [3.05, 3.63) is 64.2 Å². The van der Waals surface area contributed by atoms with Crippen LogP contribution in [0.1, 0.15) is 10.4 Å². The van der Waals surface area contributed by atoms with Crippen molar-refractivity contribution in [1.29, 1.82) is 0 Å². The first kappa shape index (κ1) is 22.0. The highest BCUT2D eigenvalue weighted by molar-refractivity contribution is 5.97. The Balaban J connectivity index is 1.54. The van der Waals surface area contributed by atoms with E-state index >= 15 is 0 Å². The van der Waals surface area contributed by atoms with Gasteiger partial charge in [-0.2, -0.15) is 0 Å². The average Bonchev–Trinajstić information content (AvgIpc) is 2.81. The molecule has 0 radical (unpaired) electrons. The second-order valence-corrected chi connectivity index (χ2v) is 6.65. The van der Waals surface area contributed by atoms with Gasteiger partial charge in [0.05, 0.1) is 35.9 Å². The Bertz CT molecular complexity index is 914. The molecule has 2 aromatic carbocycles. The lowest BCUT2D eigenvalue weighted by Crippen LogP contribution is -2.37. The Kier molecular flexibility index (Phi) is 7.77. The molecule has 164 valence electrons. The Morgan fingerprint density at radius 2 is 1.87 bits per heavy atom. The van der Waals surface area contributed by atoms with Crippen molar-refractivity contribution < 1.29 is 28.7 Å². The van der Waals surface area contributed by atoms with Gasteiger partial charge < -0.3 is 24.4 Å². The molecule has 1 heterocycles. The van der Waals surface area contributed by atoms with Gasteiger partial charge in [-0.3, -0.25) is 14.9 Å². The number of amides is 1. The van der Waals surface area contributed by atoms with E-state index in [4.69, 9.17) is 14.2 Å². The van der Waals surface area contributed by atoms with Crippen LogP contribution in [0.2, 0.25) is 0 Å². The first-order valence-electron chi connectivity index (χ1n) is 9.77. The highest BCUT2D eigenvalue weighted by Crippen LogP contribution is 2.27. The van der Waals surface area contributed by atoms with E-state index in [2.05, 4.69) is 5.32 Å². The number of nitro groups is 1. The molecule has 1 amide bonds. The van der Waals surface area contributed by atoms with E-state index in [0.29, 0.717) is 37.7 Å². The molecule has 0 saturated carbocycles. The third-order valence-electron chi connectivity index (χ3n) is 4.53. The van der Waals surface area contributed by atoms with Crippen LogP contribution in [-0.2, 0) is 14.3 Å². The van der Waals surface area contributed by atoms with Crippen molar-refractivity contribution in [1.82, 2.24) is 5.32 Å². The molecule has 0 aromatic heterocycles. The maximum absolute atomic E-state index is 12.6. The summed E-state index contributed by atoms with van der Waals surface area (Å²) in [6.07, 6.45) is 0. The molecular weight excluding hydrogens is 406 g/mol. The van der Waals surface area contributed by atoms with Crippen LogP contribution >= 0.6 is 0 Å². The number of nitro benzene ring substituents is 1. The average molecular weight is 429 g/mol. The van der Waals surface area contributed by atoms with Crippen molar-refractivity contribution in [2.75, 3.05) is 51.0 Å². The first-order chi connectivity index (χ1) is 15.0. The highest BCUT2D eigenvalue weighted by Gasteiger charge is 2.23. The molecule has 1 saturated heterocycles. The van der Waals surface area contributed by atoms with E-state index in [0.717, 1.165) is 0 Å². The van der Waals surface area contributed by atoms with Crippen molar-refractivity contribution in [2.24, 2.45) is 0 Å². The number of hydrogen-bond donors (Lipinski definition) is 1. The van der Waals surface area contributed by atoms with E-state index in [1.165, 1.54) is 18.2 Å². The molecule has 1 aliphatic rings.